The molecule has 1 spiro atoms. The predicted molar refractivity (Wildman–Crippen MR) is 73.8 cm³/mol. The quantitative estimate of drug-likeness (QED) is 0.867. The Morgan fingerprint density at radius 2 is 1.89 bits per heavy atom. The van der Waals surface area contributed by atoms with Crippen molar-refractivity contribution in [1.29, 1.82) is 0 Å². The van der Waals surface area contributed by atoms with Gasteiger partial charge in [0.05, 0.1) is 0 Å². The Kier molecular flexibility index (Phi) is 2.86. The molecule has 2 heteroatoms. The average Bonchev–Trinajstić information content (AvgIpc) is 2.85. The van der Waals surface area contributed by atoms with Crippen LogP contribution in [0.1, 0.15) is 43.2 Å². The van der Waals surface area contributed by atoms with Crippen molar-refractivity contribution in [2.45, 2.75) is 58.1 Å². The van der Waals surface area contributed by atoms with Crippen LogP contribution in [0.5, 0.6) is 5.75 Å². The van der Waals surface area contributed by atoms with Crippen LogP contribution in [-0.2, 0) is 0 Å². The summed E-state index contributed by atoms with van der Waals surface area (Å²) in [7, 11) is 0. The minimum Gasteiger partial charge on any atom is -0.490 e. The molecule has 2 atom stereocenters. The number of nitrogens with two attached hydrogens (primary N) is 1. The van der Waals surface area contributed by atoms with Crippen molar-refractivity contribution in [2.75, 3.05) is 0 Å². The molecular formula is C16H23NO. The monoisotopic (exact) mass is 245 g/mol. The van der Waals surface area contributed by atoms with Gasteiger partial charge in [-0.05, 0) is 49.9 Å². The maximum Gasteiger partial charge on any atom is 0.120 e. The van der Waals surface area contributed by atoms with E-state index < -0.39 is 0 Å². The van der Waals surface area contributed by atoms with Crippen LogP contribution < -0.4 is 10.5 Å². The highest BCUT2D eigenvalue weighted by molar-refractivity contribution is 5.34. The van der Waals surface area contributed by atoms with E-state index >= 15 is 0 Å². The zero-order chi connectivity index (χ0) is 12.8. The average molecular weight is 245 g/mol. The van der Waals surface area contributed by atoms with E-state index in [-0.39, 0.29) is 0 Å². The highest BCUT2D eigenvalue weighted by Gasteiger charge is 2.56. The fourth-order valence-corrected chi connectivity index (χ4v) is 3.62. The van der Waals surface area contributed by atoms with Crippen molar-refractivity contribution in [3.8, 4) is 5.75 Å². The number of ether oxygens (including phenoxy) is 1. The summed E-state index contributed by atoms with van der Waals surface area (Å²) in [5, 5.41) is 0. The van der Waals surface area contributed by atoms with Gasteiger partial charge in [-0.25, -0.2) is 0 Å². The summed E-state index contributed by atoms with van der Waals surface area (Å²) in [6.07, 6.45) is 6.51. The molecule has 2 unspecified atom stereocenters. The summed E-state index contributed by atoms with van der Waals surface area (Å²) >= 11 is 0. The summed E-state index contributed by atoms with van der Waals surface area (Å²) in [5.74, 6) is 1.02. The standard InChI is InChI=1S/C16H23NO/c1-11-5-6-13(9-12(11)2)18-15-10-14(17)16(15)7-3-4-8-16/h5-6,9,14-15H,3-4,7-8,10,17H2,1-2H3. The molecule has 1 aromatic rings. The third-order valence-corrected chi connectivity index (χ3v) is 5.14. The highest BCUT2D eigenvalue weighted by atomic mass is 16.5. The van der Waals surface area contributed by atoms with Gasteiger partial charge in [0, 0.05) is 17.9 Å². The number of hydrogen-bond donors (Lipinski definition) is 1. The molecule has 98 valence electrons. The van der Waals surface area contributed by atoms with E-state index in [0.717, 1.165) is 12.2 Å². The van der Waals surface area contributed by atoms with Crippen molar-refractivity contribution in [2.24, 2.45) is 11.1 Å². The second-order valence-corrected chi connectivity index (χ2v) is 6.14. The van der Waals surface area contributed by atoms with Gasteiger partial charge in [-0.1, -0.05) is 18.9 Å². The van der Waals surface area contributed by atoms with Crippen molar-refractivity contribution in [1.82, 2.24) is 0 Å². The summed E-state index contributed by atoms with van der Waals surface area (Å²) in [5.41, 5.74) is 9.15. The third kappa shape index (κ3) is 1.74. The van der Waals surface area contributed by atoms with Crippen LogP contribution >= 0.6 is 0 Å². The van der Waals surface area contributed by atoms with Crippen LogP contribution in [0.2, 0.25) is 0 Å². The van der Waals surface area contributed by atoms with E-state index in [1.54, 1.807) is 0 Å². The molecule has 0 bridgehead atoms. The van der Waals surface area contributed by atoms with Crippen LogP contribution in [0.4, 0.5) is 0 Å². The molecule has 2 aliphatic carbocycles. The van der Waals surface area contributed by atoms with Gasteiger partial charge in [0.1, 0.15) is 11.9 Å². The third-order valence-electron chi connectivity index (χ3n) is 5.14. The van der Waals surface area contributed by atoms with Gasteiger partial charge < -0.3 is 10.5 Å². The lowest BCUT2D eigenvalue weighted by atomic mass is 9.61. The maximum atomic E-state index is 6.24. The van der Waals surface area contributed by atoms with Gasteiger partial charge in [0.2, 0.25) is 0 Å². The zero-order valence-corrected chi connectivity index (χ0v) is 11.4. The second-order valence-electron chi connectivity index (χ2n) is 6.14. The molecule has 2 saturated carbocycles. The van der Waals surface area contributed by atoms with Crippen molar-refractivity contribution in [3.05, 3.63) is 29.3 Å². The Bertz CT molecular complexity index is 448. The molecule has 2 nitrogen and oxygen atoms in total. The van der Waals surface area contributed by atoms with Crippen LogP contribution in [-0.4, -0.2) is 12.1 Å². The first-order valence-electron chi connectivity index (χ1n) is 7.11. The smallest absolute Gasteiger partial charge is 0.120 e. The number of aryl methyl sites for hydroxylation is 2. The first-order valence-corrected chi connectivity index (χ1v) is 7.11. The van der Waals surface area contributed by atoms with Crippen LogP contribution in [0.25, 0.3) is 0 Å². The molecule has 2 aliphatic rings. The Morgan fingerprint density at radius 3 is 2.50 bits per heavy atom. The largest absolute Gasteiger partial charge is 0.490 e. The summed E-state index contributed by atoms with van der Waals surface area (Å²) in [6, 6.07) is 6.75. The predicted octanol–water partition coefficient (Wildman–Crippen LogP) is 3.34. The minimum atomic E-state index is 0.290. The molecular weight excluding hydrogens is 222 g/mol. The van der Waals surface area contributed by atoms with Crippen molar-refractivity contribution >= 4 is 0 Å². The van der Waals surface area contributed by atoms with E-state index in [0.29, 0.717) is 17.6 Å². The Hall–Kier alpha value is -1.02. The van der Waals surface area contributed by atoms with E-state index in [9.17, 15) is 0 Å². The topological polar surface area (TPSA) is 35.2 Å². The summed E-state index contributed by atoms with van der Waals surface area (Å²) < 4.78 is 6.21. The number of rotatable bonds is 2. The number of benzene rings is 1. The van der Waals surface area contributed by atoms with Gasteiger partial charge in [0.15, 0.2) is 0 Å². The van der Waals surface area contributed by atoms with Crippen molar-refractivity contribution in [3.63, 3.8) is 0 Å². The van der Waals surface area contributed by atoms with Gasteiger partial charge in [-0.3, -0.25) is 0 Å². The molecule has 0 saturated heterocycles. The summed E-state index contributed by atoms with van der Waals surface area (Å²) in [4.78, 5) is 0. The Labute approximate surface area is 110 Å². The fourth-order valence-electron chi connectivity index (χ4n) is 3.62. The normalized spacial score (nSPS) is 29.3. The second kappa shape index (κ2) is 4.27. The molecule has 2 fully saturated rings. The van der Waals surface area contributed by atoms with Gasteiger partial charge in [0.25, 0.3) is 0 Å². The molecule has 0 heterocycles. The molecule has 3 rings (SSSR count). The maximum absolute atomic E-state index is 6.24. The lowest BCUT2D eigenvalue weighted by Crippen LogP contribution is -2.62. The van der Waals surface area contributed by atoms with Gasteiger partial charge in [-0.2, -0.15) is 0 Å². The summed E-state index contributed by atoms with van der Waals surface area (Å²) in [6.45, 7) is 4.27. The van der Waals surface area contributed by atoms with E-state index in [1.807, 2.05) is 0 Å². The Balaban J connectivity index is 1.75. The molecule has 2 N–H and O–H groups in total. The highest BCUT2D eigenvalue weighted by Crippen LogP contribution is 2.53. The van der Waals surface area contributed by atoms with Crippen LogP contribution in [0.15, 0.2) is 18.2 Å². The van der Waals surface area contributed by atoms with Gasteiger partial charge in [-0.15, -0.1) is 0 Å². The molecule has 0 radical (unpaired) electrons. The molecule has 0 amide bonds. The SMILES string of the molecule is Cc1ccc(OC2CC(N)C23CCCC3)cc1C. The first kappa shape index (κ1) is 12.0. The Morgan fingerprint density at radius 1 is 1.17 bits per heavy atom. The lowest BCUT2D eigenvalue weighted by Gasteiger charge is -2.52. The molecule has 18 heavy (non-hydrogen) atoms. The van der Waals surface area contributed by atoms with E-state index in [4.69, 9.17) is 10.5 Å². The lowest BCUT2D eigenvalue weighted by molar-refractivity contribution is -0.0620. The van der Waals surface area contributed by atoms with E-state index in [1.165, 1.54) is 36.8 Å². The van der Waals surface area contributed by atoms with Crippen LogP contribution in [0.3, 0.4) is 0 Å². The molecule has 0 aliphatic heterocycles. The molecule has 1 aromatic carbocycles. The first-order chi connectivity index (χ1) is 8.62. The zero-order valence-electron chi connectivity index (χ0n) is 11.4. The van der Waals surface area contributed by atoms with E-state index in [2.05, 4.69) is 32.0 Å². The van der Waals surface area contributed by atoms with Gasteiger partial charge >= 0.3 is 0 Å². The number of hydrogen-bond acceptors (Lipinski definition) is 2. The minimum absolute atomic E-state index is 0.290. The fraction of sp³-hybridized carbons (Fsp3) is 0.625. The van der Waals surface area contributed by atoms with Crippen molar-refractivity contribution < 1.29 is 4.74 Å². The molecule has 0 aromatic heterocycles. The van der Waals surface area contributed by atoms with Crippen LogP contribution in [0, 0.1) is 19.3 Å².